The lowest BCUT2D eigenvalue weighted by molar-refractivity contribution is 1.51. The summed E-state index contributed by atoms with van der Waals surface area (Å²) >= 11 is 0. The number of fused-ring (bicyclic) bond motifs is 20. The Balaban J connectivity index is 0.0000000952. The van der Waals surface area contributed by atoms with Gasteiger partial charge in [-0.3, -0.25) is 0 Å². The molecule has 0 fully saturated rings. The highest BCUT2D eigenvalue weighted by molar-refractivity contribution is 6.25. The summed E-state index contributed by atoms with van der Waals surface area (Å²) in [6.07, 6.45) is 0. The van der Waals surface area contributed by atoms with Gasteiger partial charge in [0.25, 0.3) is 0 Å². The molecule has 0 amide bonds. The third kappa shape index (κ3) is 15.0. The van der Waals surface area contributed by atoms with Gasteiger partial charge in [0.05, 0.1) is 0 Å². The minimum atomic E-state index is 1.29. The second-order valence-electron chi connectivity index (χ2n) is 35.4. The van der Waals surface area contributed by atoms with E-state index in [0.29, 0.717) is 0 Å². The highest BCUT2D eigenvalue weighted by Crippen LogP contribution is 2.47. The van der Waals surface area contributed by atoms with Crippen LogP contribution in [-0.4, -0.2) is 0 Å². The zero-order valence-electron chi connectivity index (χ0n) is 75.0. The lowest BCUT2D eigenvalue weighted by Crippen LogP contribution is -1.90. The minimum Gasteiger partial charge on any atom is -0.0616 e. The molecular formula is C132H96. The first kappa shape index (κ1) is 81.4. The SMILES string of the molecule is Cc1c2ccccc2c(-c2cccc3c2ccc2cc4ccccc4cc23)c2ccccc12.Cc1c2ccccc2c(-c2cccc3c2ccc2ccccc23)c2ccccc12.Cc1c2ccccc2c(-c2cccc3ccccc23)c2ccccc12.Cc1c2ccccc2cc2ccccc12.Cc1ccc2cc3ccccc3cc2c1.Cc1cccc2cc3ccccc3cc12. The van der Waals surface area contributed by atoms with Crippen molar-refractivity contribution in [2.45, 2.75) is 41.5 Å². The van der Waals surface area contributed by atoms with Crippen LogP contribution < -0.4 is 0 Å². The highest BCUT2D eigenvalue weighted by atomic mass is 14.2. The second kappa shape index (κ2) is 35.0. The van der Waals surface area contributed by atoms with Crippen molar-refractivity contribution in [3.8, 4) is 33.4 Å². The van der Waals surface area contributed by atoms with Crippen LogP contribution in [0.1, 0.15) is 33.4 Å². The van der Waals surface area contributed by atoms with E-state index >= 15 is 0 Å². The molecule has 0 aromatic heterocycles. The van der Waals surface area contributed by atoms with Gasteiger partial charge in [0.2, 0.25) is 0 Å². The molecule has 27 aromatic rings. The topological polar surface area (TPSA) is 0 Å². The van der Waals surface area contributed by atoms with Crippen molar-refractivity contribution in [2.24, 2.45) is 0 Å². The molecule has 132 heavy (non-hydrogen) atoms. The maximum Gasteiger partial charge on any atom is -0.00204 e. The Morgan fingerprint density at radius 2 is 0.333 bits per heavy atom. The molecule has 0 aliphatic heterocycles. The highest BCUT2D eigenvalue weighted by Gasteiger charge is 2.21. The van der Waals surface area contributed by atoms with Crippen molar-refractivity contribution in [1.29, 1.82) is 0 Å². The molecule has 0 radical (unpaired) electrons. The first-order valence-corrected chi connectivity index (χ1v) is 46.1. The van der Waals surface area contributed by atoms with Gasteiger partial charge >= 0.3 is 0 Å². The van der Waals surface area contributed by atoms with E-state index in [1.165, 1.54) is 261 Å². The monoisotopic (exact) mass is 1680 g/mol. The van der Waals surface area contributed by atoms with Crippen molar-refractivity contribution in [3.05, 3.63) is 507 Å². The van der Waals surface area contributed by atoms with Crippen LogP contribution in [0.5, 0.6) is 0 Å². The molecule has 0 atom stereocenters. The van der Waals surface area contributed by atoms with Crippen LogP contribution in [0.2, 0.25) is 0 Å². The average molecular weight is 1680 g/mol. The molecule has 0 aliphatic carbocycles. The Hall–Kier alpha value is -16.4. The van der Waals surface area contributed by atoms with Crippen molar-refractivity contribution in [3.63, 3.8) is 0 Å². The predicted molar refractivity (Wildman–Crippen MR) is 578 cm³/mol. The molecule has 0 nitrogen and oxygen atoms in total. The summed E-state index contributed by atoms with van der Waals surface area (Å²) in [5.41, 5.74) is 16.0. The molecule has 0 N–H and O–H groups in total. The third-order valence-corrected chi connectivity index (χ3v) is 27.6. The summed E-state index contributed by atoms with van der Waals surface area (Å²) in [6, 6.07) is 171. The molecular weight excluding hydrogens is 1590 g/mol. The third-order valence-electron chi connectivity index (χ3n) is 27.6. The summed E-state index contributed by atoms with van der Waals surface area (Å²) in [5, 5.41) is 47.5. The fourth-order valence-corrected chi connectivity index (χ4v) is 21.0. The number of benzene rings is 27. The Kier molecular flexibility index (Phi) is 21.6. The van der Waals surface area contributed by atoms with Gasteiger partial charge in [0.15, 0.2) is 0 Å². The number of hydrogen-bond acceptors (Lipinski definition) is 0. The maximum absolute atomic E-state index is 2.35. The van der Waals surface area contributed by atoms with E-state index in [4.69, 9.17) is 0 Å². The second-order valence-corrected chi connectivity index (χ2v) is 35.4. The molecule has 624 valence electrons. The van der Waals surface area contributed by atoms with Gasteiger partial charge in [-0.15, -0.1) is 0 Å². The molecule has 0 heteroatoms. The van der Waals surface area contributed by atoms with Crippen molar-refractivity contribution >= 4 is 194 Å². The number of aryl methyl sites for hydroxylation is 6. The van der Waals surface area contributed by atoms with Crippen LogP contribution in [0, 0.1) is 41.5 Å². The van der Waals surface area contributed by atoms with Crippen LogP contribution in [0.3, 0.4) is 0 Å². The average Bonchev–Trinajstić information content (AvgIpc) is 0.737. The maximum atomic E-state index is 2.35. The van der Waals surface area contributed by atoms with Crippen LogP contribution in [0.25, 0.3) is 227 Å². The van der Waals surface area contributed by atoms with Crippen LogP contribution in [0.4, 0.5) is 0 Å². The molecule has 0 saturated carbocycles. The predicted octanol–water partition coefficient (Wildman–Crippen LogP) is 37.7. The molecule has 0 heterocycles. The van der Waals surface area contributed by atoms with Gasteiger partial charge in [0, 0.05) is 0 Å². The fourth-order valence-electron chi connectivity index (χ4n) is 21.0. The van der Waals surface area contributed by atoms with E-state index in [-0.39, 0.29) is 0 Å². The lowest BCUT2D eigenvalue weighted by Gasteiger charge is -2.17. The van der Waals surface area contributed by atoms with E-state index < -0.39 is 0 Å². The van der Waals surface area contributed by atoms with Crippen molar-refractivity contribution < 1.29 is 0 Å². The summed E-state index contributed by atoms with van der Waals surface area (Å²) in [5.74, 6) is 0. The van der Waals surface area contributed by atoms with Gasteiger partial charge in [0.1, 0.15) is 0 Å². The van der Waals surface area contributed by atoms with Gasteiger partial charge < -0.3 is 0 Å². The van der Waals surface area contributed by atoms with Crippen molar-refractivity contribution in [2.75, 3.05) is 0 Å². The first-order valence-electron chi connectivity index (χ1n) is 46.1. The molecule has 0 aliphatic rings. The molecule has 0 saturated heterocycles. The molecule has 0 unspecified atom stereocenters. The summed E-state index contributed by atoms with van der Waals surface area (Å²) in [7, 11) is 0. The minimum absolute atomic E-state index is 1.29. The summed E-state index contributed by atoms with van der Waals surface area (Å²) in [6.45, 7) is 13.2. The van der Waals surface area contributed by atoms with Gasteiger partial charge in [-0.25, -0.2) is 0 Å². The molecule has 0 spiro atoms. The zero-order valence-corrected chi connectivity index (χ0v) is 75.0. The van der Waals surface area contributed by atoms with E-state index in [1.807, 2.05) is 0 Å². The number of rotatable bonds is 3. The van der Waals surface area contributed by atoms with Crippen LogP contribution in [-0.2, 0) is 0 Å². The Labute approximate surface area is 769 Å². The normalized spacial score (nSPS) is 11.4. The Morgan fingerprint density at radius 3 is 0.758 bits per heavy atom. The zero-order chi connectivity index (χ0) is 88.9. The van der Waals surface area contributed by atoms with E-state index in [0.717, 1.165) is 0 Å². The van der Waals surface area contributed by atoms with Gasteiger partial charge in [-0.1, -0.05) is 436 Å². The number of hydrogen-bond donors (Lipinski definition) is 0. The molecule has 27 aromatic carbocycles. The summed E-state index contributed by atoms with van der Waals surface area (Å²) < 4.78 is 0. The van der Waals surface area contributed by atoms with Gasteiger partial charge in [-0.05, 0) is 339 Å². The van der Waals surface area contributed by atoms with Gasteiger partial charge in [-0.2, -0.15) is 0 Å². The van der Waals surface area contributed by atoms with E-state index in [1.54, 1.807) is 0 Å². The lowest BCUT2D eigenvalue weighted by atomic mass is 9.86. The molecule has 0 bridgehead atoms. The first-order chi connectivity index (χ1) is 65.0. The van der Waals surface area contributed by atoms with E-state index in [9.17, 15) is 0 Å². The smallest absolute Gasteiger partial charge is 0.00204 e. The Bertz CT molecular complexity index is 8970. The summed E-state index contributed by atoms with van der Waals surface area (Å²) in [4.78, 5) is 0. The Morgan fingerprint density at radius 1 is 0.106 bits per heavy atom. The van der Waals surface area contributed by atoms with Crippen LogP contribution >= 0.6 is 0 Å². The standard InChI is InChI=1S/C33H22.C29H20.C25H18.3C15H12/c1-21-25-11-4-6-13-29(25)33(30-14-7-5-12-26(21)30)31-16-8-15-27-28(31)18-17-24-19-22-9-2-3-10-23(22)20-32(24)27;1-19-21-10-4-6-13-26(21)29(27-14-7-5-11-22(19)27)28-16-8-15-24-23-12-3-2-9-20(23)17-18-25(24)28;1-17-19-11-4-6-14-22(19)25(23-15-7-5-12-20(17)23)24-16-8-10-18-9-2-3-13-21(18)24;1-11-14-8-4-2-6-12(14)10-13-7-3-5-9-15(11)13;1-11-5-4-8-14-9-12-6-2-3-7-13(12)10-15(11)14;1-11-6-7-14-9-12-4-2-3-5-13(12)10-15(14)8-11/h2-20H,1H3;2-18H,1H3;2-16H,1H3;3*2-10H,1H3. The largest absolute Gasteiger partial charge is 0.0616 e. The molecule has 27 rings (SSSR count). The fraction of sp³-hybridized carbons (Fsp3) is 0.0455. The van der Waals surface area contributed by atoms with E-state index in [2.05, 4.69) is 515 Å². The van der Waals surface area contributed by atoms with Crippen molar-refractivity contribution in [1.82, 2.24) is 0 Å². The van der Waals surface area contributed by atoms with Crippen LogP contribution in [0.15, 0.2) is 473 Å². The quantitative estimate of drug-likeness (QED) is 0.122.